The first-order chi connectivity index (χ1) is 7.92. The van der Waals surface area contributed by atoms with E-state index in [0.717, 1.165) is 15.8 Å². The number of rotatable bonds is 5. The fourth-order valence-corrected chi connectivity index (χ4v) is 1.17. The van der Waals surface area contributed by atoms with Crippen LogP contribution in [0.25, 0.3) is 0 Å². The first-order valence-electron chi connectivity index (χ1n) is 5.03. The highest BCUT2D eigenvalue weighted by molar-refractivity contribution is 9.11. The van der Waals surface area contributed by atoms with E-state index in [4.69, 9.17) is 5.11 Å². The molecule has 0 aromatic carbocycles. The zero-order chi connectivity index (χ0) is 13.4. The van der Waals surface area contributed by atoms with Gasteiger partial charge in [0.2, 0.25) is 0 Å². The van der Waals surface area contributed by atoms with E-state index in [1.807, 2.05) is 26.0 Å². The Labute approximate surface area is 110 Å². The predicted molar refractivity (Wildman–Crippen MR) is 75.5 cm³/mol. The summed E-state index contributed by atoms with van der Waals surface area (Å²) in [5.74, 6) is -0.966. The summed E-state index contributed by atoms with van der Waals surface area (Å²) in [7, 11) is 0. The van der Waals surface area contributed by atoms with E-state index in [1.54, 1.807) is 6.08 Å². The van der Waals surface area contributed by atoms with Gasteiger partial charge in [-0.2, -0.15) is 0 Å². The molecular formula is C13H16BrNO2. The van der Waals surface area contributed by atoms with E-state index in [0.29, 0.717) is 0 Å². The van der Waals surface area contributed by atoms with Gasteiger partial charge in [-0.25, -0.2) is 4.79 Å². The molecule has 0 unspecified atom stereocenters. The molecule has 0 rings (SSSR count). The van der Waals surface area contributed by atoms with Crippen molar-refractivity contribution >= 4 is 27.6 Å². The van der Waals surface area contributed by atoms with Crippen LogP contribution >= 0.6 is 15.9 Å². The molecule has 0 radical (unpaired) electrons. The van der Waals surface area contributed by atoms with Gasteiger partial charge in [-0.15, -0.1) is 0 Å². The lowest BCUT2D eigenvalue weighted by Gasteiger charge is -2.00. The molecule has 0 amide bonds. The molecule has 0 aliphatic heterocycles. The number of aliphatic imine (C=N–C) groups is 1. The second-order valence-electron chi connectivity index (χ2n) is 3.31. The molecule has 0 heterocycles. The van der Waals surface area contributed by atoms with Gasteiger partial charge < -0.3 is 5.11 Å². The predicted octanol–water partition coefficient (Wildman–Crippen LogP) is 3.85. The first-order valence-corrected chi connectivity index (χ1v) is 5.82. The van der Waals surface area contributed by atoms with Crippen molar-refractivity contribution in [3.63, 3.8) is 0 Å². The molecule has 92 valence electrons. The number of carboxylic acids is 1. The minimum atomic E-state index is -0.966. The van der Waals surface area contributed by atoms with Crippen molar-refractivity contribution < 1.29 is 9.90 Å². The van der Waals surface area contributed by atoms with Crippen LogP contribution in [0.4, 0.5) is 0 Å². The third-order valence-electron chi connectivity index (χ3n) is 2.01. The van der Waals surface area contributed by atoms with Gasteiger partial charge in [0.25, 0.3) is 0 Å². The molecular weight excluding hydrogens is 282 g/mol. The number of aliphatic carboxylic acids is 1. The van der Waals surface area contributed by atoms with Crippen LogP contribution in [0.2, 0.25) is 0 Å². The second kappa shape index (κ2) is 7.79. The van der Waals surface area contributed by atoms with Gasteiger partial charge in [0.15, 0.2) is 0 Å². The monoisotopic (exact) mass is 297 g/mol. The summed E-state index contributed by atoms with van der Waals surface area (Å²) in [6, 6.07) is 0. The van der Waals surface area contributed by atoms with Crippen LogP contribution in [-0.4, -0.2) is 16.8 Å². The summed E-state index contributed by atoms with van der Waals surface area (Å²) >= 11 is 3.33. The van der Waals surface area contributed by atoms with Crippen LogP contribution < -0.4 is 0 Å². The van der Waals surface area contributed by atoms with Crippen molar-refractivity contribution in [1.29, 1.82) is 0 Å². The van der Waals surface area contributed by atoms with Gasteiger partial charge >= 0.3 is 5.97 Å². The minimum absolute atomic E-state index is 0.201. The summed E-state index contributed by atoms with van der Waals surface area (Å²) in [4.78, 5) is 14.7. The van der Waals surface area contributed by atoms with E-state index in [-0.39, 0.29) is 5.57 Å². The van der Waals surface area contributed by atoms with Crippen molar-refractivity contribution in [1.82, 2.24) is 0 Å². The molecule has 0 saturated heterocycles. The molecule has 0 bridgehead atoms. The van der Waals surface area contributed by atoms with Gasteiger partial charge in [0.1, 0.15) is 0 Å². The topological polar surface area (TPSA) is 49.7 Å². The maximum atomic E-state index is 10.6. The molecule has 0 saturated carbocycles. The van der Waals surface area contributed by atoms with Crippen molar-refractivity contribution in [3.05, 3.63) is 46.6 Å². The highest BCUT2D eigenvalue weighted by Gasteiger charge is 2.00. The van der Waals surface area contributed by atoms with Gasteiger partial charge in [0.05, 0.1) is 5.57 Å². The smallest absolute Gasteiger partial charge is 0.332 e. The number of hydrogen-bond donors (Lipinski definition) is 1. The minimum Gasteiger partial charge on any atom is -0.478 e. The molecule has 0 aromatic heterocycles. The van der Waals surface area contributed by atoms with Crippen molar-refractivity contribution in [2.24, 2.45) is 4.99 Å². The Morgan fingerprint density at radius 1 is 1.41 bits per heavy atom. The number of carboxylic acid groups (broad SMARTS) is 1. The molecule has 3 nitrogen and oxygen atoms in total. The van der Waals surface area contributed by atoms with Gasteiger partial charge in [-0.05, 0) is 32.4 Å². The van der Waals surface area contributed by atoms with E-state index in [1.165, 1.54) is 13.1 Å². The molecule has 0 aliphatic rings. The Kier molecular flexibility index (Phi) is 7.14. The standard InChI is InChI=1S/C13H16BrNO2/c1-5-11(7-12(14)6-2)10(4)15-8-9(3)13(16)17/h5-8H,2H2,1,3-4H3,(H,16,17)/b9-8+,11-5+,12-7+,15-10+. The maximum absolute atomic E-state index is 10.6. The quantitative estimate of drug-likeness (QED) is 0.476. The third kappa shape index (κ3) is 6.02. The van der Waals surface area contributed by atoms with Gasteiger partial charge in [-0.3, -0.25) is 4.99 Å². The Bertz CT molecular complexity index is 429. The number of nitrogens with zero attached hydrogens (tertiary/aromatic N) is 1. The van der Waals surface area contributed by atoms with Crippen LogP contribution in [0.5, 0.6) is 0 Å². The molecule has 0 aliphatic carbocycles. The highest BCUT2D eigenvalue weighted by Crippen LogP contribution is 2.12. The molecule has 0 spiro atoms. The van der Waals surface area contributed by atoms with E-state index >= 15 is 0 Å². The van der Waals surface area contributed by atoms with Crippen molar-refractivity contribution in [2.45, 2.75) is 20.8 Å². The van der Waals surface area contributed by atoms with Crippen LogP contribution in [0, 0.1) is 0 Å². The average Bonchev–Trinajstić information content (AvgIpc) is 2.31. The summed E-state index contributed by atoms with van der Waals surface area (Å²) < 4.78 is 0.846. The largest absolute Gasteiger partial charge is 0.478 e. The van der Waals surface area contributed by atoms with Crippen LogP contribution in [0.15, 0.2) is 51.6 Å². The third-order valence-corrected chi connectivity index (χ3v) is 2.56. The summed E-state index contributed by atoms with van der Waals surface area (Å²) in [6.45, 7) is 8.85. The molecule has 17 heavy (non-hydrogen) atoms. The van der Waals surface area contributed by atoms with E-state index in [9.17, 15) is 4.79 Å². The normalized spacial score (nSPS) is 14.8. The zero-order valence-electron chi connectivity index (χ0n) is 10.2. The average molecular weight is 298 g/mol. The number of carbonyl (C=O) groups is 1. The van der Waals surface area contributed by atoms with Crippen LogP contribution in [0.3, 0.4) is 0 Å². The van der Waals surface area contributed by atoms with E-state index < -0.39 is 5.97 Å². The fraction of sp³-hybridized carbons (Fsp3) is 0.231. The van der Waals surface area contributed by atoms with Crippen molar-refractivity contribution in [2.75, 3.05) is 0 Å². The van der Waals surface area contributed by atoms with Gasteiger partial charge in [-0.1, -0.05) is 34.7 Å². The zero-order valence-corrected chi connectivity index (χ0v) is 11.8. The molecule has 1 N–H and O–H groups in total. The lowest BCUT2D eigenvalue weighted by molar-refractivity contribution is -0.132. The molecule has 4 heteroatoms. The summed E-state index contributed by atoms with van der Waals surface area (Å²) in [5, 5.41) is 8.69. The Balaban J connectivity index is 5.09. The van der Waals surface area contributed by atoms with Crippen LogP contribution in [0.1, 0.15) is 20.8 Å². The fourth-order valence-electron chi connectivity index (χ4n) is 0.928. The maximum Gasteiger partial charge on any atom is 0.332 e. The van der Waals surface area contributed by atoms with Gasteiger partial charge in [0, 0.05) is 16.4 Å². The number of halogens is 1. The van der Waals surface area contributed by atoms with E-state index in [2.05, 4.69) is 27.5 Å². The summed E-state index contributed by atoms with van der Waals surface area (Å²) in [5.41, 5.74) is 1.85. The molecule has 0 aromatic rings. The highest BCUT2D eigenvalue weighted by atomic mass is 79.9. The molecule has 0 fully saturated rings. The Hall–Kier alpha value is -1.42. The first kappa shape index (κ1) is 15.6. The Morgan fingerprint density at radius 2 is 2.00 bits per heavy atom. The lowest BCUT2D eigenvalue weighted by Crippen LogP contribution is -1.97. The second-order valence-corrected chi connectivity index (χ2v) is 4.22. The Morgan fingerprint density at radius 3 is 2.41 bits per heavy atom. The summed E-state index contributed by atoms with van der Waals surface area (Å²) in [6.07, 6.45) is 6.79. The molecule has 0 atom stereocenters. The number of allylic oxidation sites excluding steroid dienone is 5. The lowest BCUT2D eigenvalue weighted by atomic mass is 10.1. The van der Waals surface area contributed by atoms with Crippen molar-refractivity contribution in [3.8, 4) is 0 Å². The number of hydrogen-bond acceptors (Lipinski definition) is 2. The SMILES string of the molecule is C=C\C(Br)=C/C(=C\C)C(/C)=N/C=C(\C)C(=O)O. The van der Waals surface area contributed by atoms with Crippen LogP contribution in [-0.2, 0) is 4.79 Å².